The standard InChI is InChI=1S/C13H27NO2/c1-10(2)9-11(3)14(6)8-7-13(4,5)12(15)16/h10-11H,7-9H2,1-6H3,(H,15,16). The average Bonchev–Trinajstić information content (AvgIpc) is 2.12. The molecule has 0 aliphatic rings. The second-order valence-corrected chi connectivity index (χ2v) is 5.90. The van der Waals surface area contributed by atoms with Crippen LogP contribution in [0.2, 0.25) is 0 Å². The quantitative estimate of drug-likeness (QED) is 0.729. The molecule has 1 unspecified atom stereocenters. The fourth-order valence-electron chi connectivity index (χ4n) is 1.65. The van der Waals surface area contributed by atoms with Crippen molar-refractivity contribution in [3.8, 4) is 0 Å². The van der Waals surface area contributed by atoms with Gasteiger partial charge in [0.05, 0.1) is 5.41 Å². The van der Waals surface area contributed by atoms with Gasteiger partial charge in [-0.05, 0) is 53.1 Å². The molecule has 0 fully saturated rings. The van der Waals surface area contributed by atoms with Crippen LogP contribution in [0.15, 0.2) is 0 Å². The number of hydrogen-bond donors (Lipinski definition) is 1. The van der Waals surface area contributed by atoms with Crippen molar-refractivity contribution in [1.82, 2.24) is 4.90 Å². The molecule has 0 aromatic carbocycles. The SMILES string of the molecule is CC(C)CC(C)N(C)CCC(C)(C)C(=O)O. The first kappa shape index (κ1) is 15.4. The Balaban J connectivity index is 4.06. The van der Waals surface area contributed by atoms with Gasteiger partial charge in [-0.15, -0.1) is 0 Å². The van der Waals surface area contributed by atoms with Crippen molar-refractivity contribution >= 4 is 5.97 Å². The normalized spacial score (nSPS) is 14.5. The number of carboxylic acid groups (broad SMARTS) is 1. The Morgan fingerprint density at radius 2 is 1.81 bits per heavy atom. The summed E-state index contributed by atoms with van der Waals surface area (Å²) in [5, 5.41) is 9.02. The van der Waals surface area contributed by atoms with Gasteiger partial charge in [0.15, 0.2) is 0 Å². The van der Waals surface area contributed by atoms with Crippen LogP contribution in [0.5, 0.6) is 0 Å². The number of rotatable bonds is 7. The van der Waals surface area contributed by atoms with E-state index in [9.17, 15) is 4.79 Å². The number of carboxylic acids is 1. The first-order valence-corrected chi connectivity index (χ1v) is 6.10. The molecule has 0 spiro atoms. The summed E-state index contributed by atoms with van der Waals surface area (Å²) in [5.41, 5.74) is -0.619. The zero-order valence-corrected chi connectivity index (χ0v) is 11.6. The number of hydrogen-bond acceptors (Lipinski definition) is 2. The van der Waals surface area contributed by atoms with Crippen LogP contribution in [0.1, 0.15) is 47.5 Å². The van der Waals surface area contributed by atoms with Crippen molar-refractivity contribution in [2.24, 2.45) is 11.3 Å². The largest absolute Gasteiger partial charge is 0.481 e. The minimum absolute atomic E-state index is 0.518. The van der Waals surface area contributed by atoms with Gasteiger partial charge in [-0.1, -0.05) is 13.8 Å². The second-order valence-electron chi connectivity index (χ2n) is 5.90. The van der Waals surface area contributed by atoms with Gasteiger partial charge in [0.1, 0.15) is 0 Å². The Hall–Kier alpha value is -0.570. The molecule has 3 nitrogen and oxygen atoms in total. The average molecular weight is 229 g/mol. The molecule has 0 aliphatic carbocycles. The van der Waals surface area contributed by atoms with Crippen molar-refractivity contribution in [3.63, 3.8) is 0 Å². The summed E-state index contributed by atoms with van der Waals surface area (Å²) in [6, 6.07) is 0.518. The first-order chi connectivity index (χ1) is 7.16. The Morgan fingerprint density at radius 3 is 2.19 bits per heavy atom. The third-order valence-corrected chi connectivity index (χ3v) is 3.23. The van der Waals surface area contributed by atoms with Crippen LogP contribution in [0.25, 0.3) is 0 Å². The van der Waals surface area contributed by atoms with Gasteiger partial charge < -0.3 is 10.0 Å². The Morgan fingerprint density at radius 1 is 1.31 bits per heavy atom. The van der Waals surface area contributed by atoms with Gasteiger partial charge in [0.25, 0.3) is 0 Å². The van der Waals surface area contributed by atoms with E-state index in [1.807, 2.05) is 0 Å². The van der Waals surface area contributed by atoms with E-state index in [1.165, 1.54) is 0 Å². The highest BCUT2D eigenvalue weighted by atomic mass is 16.4. The lowest BCUT2D eigenvalue weighted by molar-refractivity contribution is -0.147. The fourth-order valence-corrected chi connectivity index (χ4v) is 1.65. The van der Waals surface area contributed by atoms with Crippen LogP contribution in [0, 0.1) is 11.3 Å². The van der Waals surface area contributed by atoms with Gasteiger partial charge in [-0.2, -0.15) is 0 Å². The Kier molecular flexibility index (Phi) is 6.01. The highest BCUT2D eigenvalue weighted by Crippen LogP contribution is 2.21. The molecule has 96 valence electrons. The lowest BCUT2D eigenvalue weighted by atomic mass is 9.89. The van der Waals surface area contributed by atoms with Crippen LogP contribution in [0.4, 0.5) is 0 Å². The molecule has 0 bridgehead atoms. The van der Waals surface area contributed by atoms with Crippen molar-refractivity contribution in [2.45, 2.75) is 53.5 Å². The van der Waals surface area contributed by atoms with E-state index in [0.717, 1.165) is 13.0 Å². The summed E-state index contributed by atoms with van der Waals surface area (Å²) in [5.74, 6) is -0.0256. The summed E-state index contributed by atoms with van der Waals surface area (Å²) in [4.78, 5) is 13.2. The van der Waals surface area contributed by atoms with Crippen LogP contribution in [-0.2, 0) is 4.79 Å². The van der Waals surface area contributed by atoms with Gasteiger partial charge in [0.2, 0.25) is 0 Å². The van der Waals surface area contributed by atoms with E-state index in [4.69, 9.17) is 5.11 Å². The third-order valence-electron chi connectivity index (χ3n) is 3.23. The maximum Gasteiger partial charge on any atom is 0.309 e. The maximum absolute atomic E-state index is 11.0. The predicted molar refractivity (Wildman–Crippen MR) is 67.6 cm³/mol. The van der Waals surface area contributed by atoms with Gasteiger partial charge in [-0.3, -0.25) is 4.79 Å². The summed E-state index contributed by atoms with van der Waals surface area (Å²) in [7, 11) is 2.07. The minimum atomic E-state index is -0.711. The minimum Gasteiger partial charge on any atom is -0.481 e. The molecule has 0 aromatic heterocycles. The van der Waals surface area contributed by atoms with E-state index in [0.29, 0.717) is 18.4 Å². The van der Waals surface area contributed by atoms with E-state index < -0.39 is 11.4 Å². The summed E-state index contributed by atoms with van der Waals surface area (Å²) >= 11 is 0. The van der Waals surface area contributed by atoms with Crippen molar-refractivity contribution < 1.29 is 9.90 Å². The molecule has 0 saturated carbocycles. The van der Waals surface area contributed by atoms with Gasteiger partial charge >= 0.3 is 5.97 Å². The lowest BCUT2D eigenvalue weighted by Crippen LogP contribution is -2.35. The lowest BCUT2D eigenvalue weighted by Gasteiger charge is -2.29. The van der Waals surface area contributed by atoms with Crippen molar-refractivity contribution in [3.05, 3.63) is 0 Å². The molecule has 3 heteroatoms. The van der Waals surface area contributed by atoms with Gasteiger partial charge in [0, 0.05) is 6.04 Å². The van der Waals surface area contributed by atoms with Crippen LogP contribution in [0.3, 0.4) is 0 Å². The summed E-state index contributed by atoms with van der Waals surface area (Å²) in [6.45, 7) is 11.0. The monoisotopic (exact) mass is 229 g/mol. The van der Waals surface area contributed by atoms with Crippen molar-refractivity contribution in [2.75, 3.05) is 13.6 Å². The van der Waals surface area contributed by atoms with E-state index >= 15 is 0 Å². The molecule has 1 N–H and O–H groups in total. The highest BCUT2D eigenvalue weighted by molar-refractivity contribution is 5.73. The fraction of sp³-hybridized carbons (Fsp3) is 0.923. The zero-order valence-electron chi connectivity index (χ0n) is 11.6. The molecular weight excluding hydrogens is 202 g/mol. The van der Waals surface area contributed by atoms with E-state index in [-0.39, 0.29) is 0 Å². The highest BCUT2D eigenvalue weighted by Gasteiger charge is 2.27. The van der Waals surface area contributed by atoms with Crippen LogP contribution in [-0.4, -0.2) is 35.6 Å². The molecule has 1 atom stereocenters. The molecule has 0 saturated heterocycles. The number of carbonyl (C=O) groups is 1. The molecule has 0 rings (SSSR count). The molecule has 16 heavy (non-hydrogen) atoms. The third kappa shape index (κ3) is 5.50. The first-order valence-electron chi connectivity index (χ1n) is 6.10. The zero-order chi connectivity index (χ0) is 12.9. The Bertz CT molecular complexity index is 224. The van der Waals surface area contributed by atoms with Crippen LogP contribution < -0.4 is 0 Å². The van der Waals surface area contributed by atoms with Crippen molar-refractivity contribution in [1.29, 1.82) is 0 Å². The second kappa shape index (κ2) is 6.24. The molecule has 0 heterocycles. The number of nitrogens with zero attached hydrogens (tertiary/aromatic N) is 1. The van der Waals surface area contributed by atoms with E-state index in [1.54, 1.807) is 13.8 Å². The molecule has 0 aromatic rings. The number of aliphatic carboxylic acids is 1. The smallest absolute Gasteiger partial charge is 0.309 e. The molecular formula is C13H27NO2. The van der Waals surface area contributed by atoms with Gasteiger partial charge in [-0.25, -0.2) is 0 Å². The summed E-state index contributed by atoms with van der Waals surface area (Å²) in [6.07, 6.45) is 1.85. The molecule has 0 radical (unpaired) electrons. The van der Waals surface area contributed by atoms with Crippen LogP contribution >= 0.6 is 0 Å². The molecule has 0 aliphatic heterocycles. The Labute approximate surface area is 99.8 Å². The maximum atomic E-state index is 11.0. The topological polar surface area (TPSA) is 40.5 Å². The molecule has 0 amide bonds. The predicted octanol–water partition coefficient (Wildman–Crippen LogP) is 2.85. The van der Waals surface area contributed by atoms with E-state index in [2.05, 4.69) is 32.7 Å². The summed E-state index contributed by atoms with van der Waals surface area (Å²) < 4.78 is 0.